The van der Waals surface area contributed by atoms with Gasteiger partial charge in [-0.2, -0.15) is 0 Å². The molecule has 0 spiro atoms. The van der Waals surface area contributed by atoms with Crippen LogP contribution in [0.2, 0.25) is 0 Å². The molecule has 0 amide bonds. The topological polar surface area (TPSA) is 44.5 Å². The molecule has 1 fully saturated rings. The van der Waals surface area contributed by atoms with Gasteiger partial charge in [-0.3, -0.25) is 0 Å². The van der Waals surface area contributed by atoms with E-state index in [1.165, 1.54) is 12.1 Å². The van der Waals surface area contributed by atoms with Crippen molar-refractivity contribution in [2.24, 2.45) is 11.7 Å². The van der Waals surface area contributed by atoms with E-state index >= 15 is 0 Å². The van der Waals surface area contributed by atoms with Crippen LogP contribution in [0.1, 0.15) is 25.3 Å². The Balaban J connectivity index is 1.92. The highest BCUT2D eigenvalue weighted by molar-refractivity contribution is 5.28. The predicted octanol–water partition coefficient (Wildman–Crippen LogP) is 3.27. The molecule has 2 atom stereocenters. The van der Waals surface area contributed by atoms with E-state index in [0.29, 0.717) is 18.9 Å². The Morgan fingerprint density at radius 3 is 2.33 bits per heavy atom. The molecule has 1 aliphatic carbocycles. The summed E-state index contributed by atoms with van der Waals surface area (Å²) >= 11 is 0. The average molecular weight is 303 g/mol. The molecule has 118 valence electrons. The third-order valence-electron chi connectivity index (χ3n) is 3.50. The number of halogens is 3. The number of benzene rings is 1. The van der Waals surface area contributed by atoms with Gasteiger partial charge in [0.1, 0.15) is 5.75 Å². The highest BCUT2D eigenvalue weighted by Gasteiger charge is 2.35. The lowest BCUT2D eigenvalue weighted by Gasteiger charge is -2.23. The minimum Gasteiger partial charge on any atom is -0.406 e. The van der Waals surface area contributed by atoms with Gasteiger partial charge in [0.2, 0.25) is 0 Å². The van der Waals surface area contributed by atoms with Crippen molar-refractivity contribution in [3.8, 4) is 5.75 Å². The lowest BCUT2D eigenvalue weighted by molar-refractivity contribution is -0.274. The van der Waals surface area contributed by atoms with Crippen LogP contribution in [0.5, 0.6) is 5.75 Å². The fourth-order valence-corrected chi connectivity index (χ4v) is 2.44. The van der Waals surface area contributed by atoms with E-state index in [9.17, 15) is 13.2 Å². The number of alkyl halides is 3. The molecule has 2 rings (SSSR count). The summed E-state index contributed by atoms with van der Waals surface area (Å²) in [4.78, 5) is 0. The van der Waals surface area contributed by atoms with Crippen molar-refractivity contribution in [1.29, 1.82) is 0 Å². The zero-order chi connectivity index (χ0) is 15.5. The summed E-state index contributed by atoms with van der Waals surface area (Å²) in [6.45, 7) is 2.55. The van der Waals surface area contributed by atoms with Crippen LogP contribution < -0.4 is 10.5 Å². The molecule has 1 aliphatic rings. The van der Waals surface area contributed by atoms with Crippen molar-refractivity contribution < 1.29 is 22.6 Å². The minimum atomic E-state index is -4.66. The van der Waals surface area contributed by atoms with Gasteiger partial charge >= 0.3 is 6.36 Å². The highest BCUT2D eigenvalue weighted by atomic mass is 19.4. The fourth-order valence-electron chi connectivity index (χ4n) is 2.44. The van der Waals surface area contributed by atoms with Crippen LogP contribution in [0.15, 0.2) is 24.3 Å². The quantitative estimate of drug-likeness (QED) is 0.841. The third-order valence-corrected chi connectivity index (χ3v) is 3.50. The third kappa shape index (κ3) is 5.21. The van der Waals surface area contributed by atoms with Crippen LogP contribution in [0.4, 0.5) is 13.2 Å². The SMILES string of the molecule is CCOC(C(N)Cc1ccc(OC(F)(F)F)cc1)C1CC1. The molecule has 0 radical (unpaired) electrons. The lowest BCUT2D eigenvalue weighted by atomic mass is 9.99. The van der Waals surface area contributed by atoms with E-state index in [-0.39, 0.29) is 17.9 Å². The molecule has 1 saturated carbocycles. The molecule has 21 heavy (non-hydrogen) atoms. The van der Waals surface area contributed by atoms with Gasteiger partial charge in [0.15, 0.2) is 0 Å². The molecule has 0 saturated heterocycles. The Morgan fingerprint density at radius 2 is 1.86 bits per heavy atom. The van der Waals surface area contributed by atoms with Gasteiger partial charge in [-0.25, -0.2) is 0 Å². The summed E-state index contributed by atoms with van der Waals surface area (Å²) in [7, 11) is 0. The van der Waals surface area contributed by atoms with Gasteiger partial charge in [0, 0.05) is 12.6 Å². The summed E-state index contributed by atoms with van der Waals surface area (Å²) < 4.78 is 45.8. The van der Waals surface area contributed by atoms with Crippen molar-refractivity contribution in [3.05, 3.63) is 29.8 Å². The van der Waals surface area contributed by atoms with Crippen molar-refractivity contribution >= 4 is 0 Å². The van der Waals surface area contributed by atoms with Gasteiger partial charge in [-0.15, -0.1) is 13.2 Å². The molecule has 1 aromatic carbocycles. The van der Waals surface area contributed by atoms with Crippen LogP contribution in [0.3, 0.4) is 0 Å². The molecule has 0 aliphatic heterocycles. The first-order valence-electron chi connectivity index (χ1n) is 7.11. The Labute approximate surface area is 122 Å². The lowest BCUT2D eigenvalue weighted by Crippen LogP contribution is -2.40. The number of hydrogen-bond donors (Lipinski definition) is 1. The zero-order valence-corrected chi connectivity index (χ0v) is 11.9. The maximum absolute atomic E-state index is 12.1. The summed E-state index contributed by atoms with van der Waals surface area (Å²) in [5.74, 6) is 0.302. The van der Waals surface area contributed by atoms with E-state index in [1.807, 2.05) is 6.92 Å². The molecular weight excluding hydrogens is 283 g/mol. The normalized spacial score (nSPS) is 18.3. The second-order valence-corrected chi connectivity index (χ2v) is 5.32. The van der Waals surface area contributed by atoms with Crippen molar-refractivity contribution in [1.82, 2.24) is 0 Å². The molecule has 2 unspecified atom stereocenters. The van der Waals surface area contributed by atoms with Gasteiger partial charge in [-0.1, -0.05) is 12.1 Å². The van der Waals surface area contributed by atoms with Gasteiger partial charge in [0.05, 0.1) is 6.10 Å². The van der Waals surface area contributed by atoms with Crippen LogP contribution in [-0.2, 0) is 11.2 Å². The summed E-state index contributed by atoms with van der Waals surface area (Å²) in [6.07, 6.45) is -1.79. The Morgan fingerprint density at radius 1 is 1.24 bits per heavy atom. The largest absolute Gasteiger partial charge is 0.573 e. The van der Waals surface area contributed by atoms with Crippen molar-refractivity contribution in [3.63, 3.8) is 0 Å². The monoisotopic (exact) mass is 303 g/mol. The van der Waals surface area contributed by atoms with Crippen LogP contribution in [-0.4, -0.2) is 25.1 Å². The van der Waals surface area contributed by atoms with Gasteiger partial charge < -0.3 is 15.2 Å². The predicted molar refractivity (Wildman–Crippen MR) is 72.9 cm³/mol. The fraction of sp³-hybridized carbons (Fsp3) is 0.600. The molecular formula is C15H20F3NO2. The average Bonchev–Trinajstić information content (AvgIpc) is 3.20. The summed E-state index contributed by atoms with van der Waals surface area (Å²) in [6, 6.07) is 5.69. The van der Waals surface area contributed by atoms with Crippen molar-refractivity contribution in [2.75, 3.05) is 6.61 Å². The molecule has 0 bridgehead atoms. The first kappa shape index (κ1) is 16.1. The second-order valence-electron chi connectivity index (χ2n) is 5.32. The maximum Gasteiger partial charge on any atom is 0.573 e. The van der Waals surface area contributed by atoms with Crippen molar-refractivity contribution in [2.45, 2.75) is 44.7 Å². The summed E-state index contributed by atoms with van der Waals surface area (Å²) in [5.41, 5.74) is 7.06. The van der Waals surface area contributed by atoms with Crippen LogP contribution >= 0.6 is 0 Å². The maximum atomic E-state index is 12.1. The first-order chi connectivity index (χ1) is 9.89. The molecule has 0 aromatic heterocycles. The Bertz CT molecular complexity index is 443. The Kier molecular flexibility index (Phi) is 5.11. The minimum absolute atomic E-state index is 0.0288. The zero-order valence-electron chi connectivity index (χ0n) is 11.9. The molecule has 1 aromatic rings. The molecule has 3 nitrogen and oxygen atoms in total. The number of ether oxygens (including phenoxy) is 2. The highest BCUT2D eigenvalue weighted by Crippen LogP contribution is 2.36. The van der Waals surface area contributed by atoms with Gasteiger partial charge in [-0.05, 0) is 49.8 Å². The standard InChI is InChI=1S/C15H20F3NO2/c1-2-20-14(11-5-6-11)13(19)9-10-3-7-12(8-4-10)21-15(16,17)18/h3-4,7-8,11,13-14H,2,5-6,9,19H2,1H3. The number of rotatable bonds is 7. The second kappa shape index (κ2) is 6.66. The number of nitrogens with two attached hydrogens (primary N) is 1. The van der Waals surface area contributed by atoms with E-state index in [0.717, 1.165) is 18.4 Å². The van der Waals surface area contributed by atoms with Crippen LogP contribution in [0.25, 0.3) is 0 Å². The van der Waals surface area contributed by atoms with E-state index < -0.39 is 6.36 Å². The van der Waals surface area contributed by atoms with E-state index in [2.05, 4.69) is 4.74 Å². The molecule has 2 N–H and O–H groups in total. The first-order valence-corrected chi connectivity index (χ1v) is 7.11. The molecule has 6 heteroatoms. The molecule has 0 heterocycles. The van der Waals surface area contributed by atoms with Gasteiger partial charge in [0.25, 0.3) is 0 Å². The Hall–Kier alpha value is -1.27. The van der Waals surface area contributed by atoms with E-state index in [4.69, 9.17) is 10.5 Å². The van der Waals surface area contributed by atoms with Crippen LogP contribution in [0, 0.1) is 5.92 Å². The summed E-state index contributed by atoms with van der Waals surface area (Å²) in [5, 5.41) is 0. The van der Waals surface area contributed by atoms with E-state index in [1.54, 1.807) is 12.1 Å². The number of hydrogen-bond acceptors (Lipinski definition) is 3. The smallest absolute Gasteiger partial charge is 0.406 e.